The first-order valence-corrected chi connectivity index (χ1v) is 6.15. The lowest BCUT2D eigenvalue weighted by atomic mass is 9.86. The van der Waals surface area contributed by atoms with Crippen LogP contribution >= 0.6 is 0 Å². The van der Waals surface area contributed by atoms with Crippen molar-refractivity contribution >= 4 is 5.82 Å². The molecule has 1 saturated heterocycles. The van der Waals surface area contributed by atoms with Gasteiger partial charge in [-0.2, -0.15) is 0 Å². The highest BCUT2D eigenvalue weighted by atomic mass is 16.3. The van der Waals surface area contributed by atoms with Gasteiger partial charge < -0.3 is 15.7 Å². The van der Waals surface area contributed by atoms with Crippen molar-refractivity contribution in [1.82, 2.24) is 9.88 Å². The molecule has 1 unspecified atom stereocenters. The van der Waals surface area contributed by atoms with Gasteiger partial charge in [-0.25, -0.2) is 4.98 Å². The minimum atomic E-state index is -0.812. The maximum absolute atomic E-state index is 10.8. The fraction of sp³-hybridized carbons (Fsp3) is 0.615. The average Bonchev–Trinajstić information content (AvgIpc) is 2.46. The van der Waals surface area contributed by atoms with Gasteiger partial charge in [0.15, 0.2) is 0 Å². The number of anilines is 1. The summed E-state index contributed by atoms with van der Waals surface area (Å²) in [5, 5.41) is 10.8. The molecule has 0 spiro atoms. The molecular weight excluding hydrogens is 214 g/mol. The van der Waals surface area contributed by atoms with Gasteiger partial charge in [-0.1, -0.05) is 0 Å². The molecule has 0 radical (unpaired) electrons. The van der Waals surface area contributed by atoms with E-state index in [1.165, 1.54) is 0 Å². The maximum Gasteiger partial charge on any atom is 0.129 e. The molecule has 1 aromatic heterocycles. The Bertz CT molecular complexity index is 408. The number of nitrogen functional groups attached to an aromatic ring is 1. The predicted octanol–water partition coefficient (Wildman–Crippen LogP) is 1.28. The third-order valence-corrected chi connectivity index (χ3v) is 3.59. The van der Waals surface area contributed by atoms with Crippen molar-refractivity contribution in [2.75, 3.05) is 25.9 Å². The summed E-state index contributed by atoms with van der Waals surface area (Å²) in [6.45, 7) is 3.90. The Hall–Kier alpha value is -1.13. The molecule has 4 nitrogen and oxygen atoms in total. The molecule has 0 saturated carbocycles. The third kappa shape index (κ3) is 2.58. The lowest BCUT2D eigenvalue weighted by molar-refractivity contribution is 0.0223. The van der Waals surface area contributed by atoms with E-state index in [2.05, 4.69) is 16.9 Å². The molecule has 17 heavy (non-hydrogen) atoms. The van der Waals surface area contributed by atoms with Crippen molar-refractivity contribution in [3.8, 4) is 0 Å². The van der Waals surface area contributed by atoms with Crippen LogP contribution in [0.2, 0.25) is 0 Å². The van der Waals surface area contributed by atoms with Gasteiger partial charge in [0.1, 0.15) is 5.82 Å². The van der Waals surface area contributed by atoms with Crippen LogP contribution in [0.1, 0.15) is 30.4 Å². The number of aliphatic hydroxyl groups is 1. The van der Waals surface area contributed by atoms with Crippen LogP contribution < -0.4 is 5.73 Å². The molecule has 1 fully saturated rings. The van der Waals surface area contributed by atoms with Crippen molar-refractivity contribution < 1.29 is 5.11 Å². The minimum absolute atomic E-state index is 0.461. The molecule has 1 aromatic rings. The van der Waals surface area contributed by atoms with E-state index in [-0.39, 0.29) is 0 Å². The summed E-state index contributed by atoms with van der Waals surface area (Å²) in [6, 6.07) is 1.97. The third-order valence-electron chi connectivity index (χ3n) is 3.59. The number of pyridine rings is 1. The van der Waals surface area contributed by atoms with Crippen LogP contribution in [0.4, 0.5) is 5.82 Å². The fourth-order valence-corrected chi connectivity index (χ4v) is 2.48. The highest BCUT2D eigenvalue weighted by Gasteiger charge is 2.33. The van der Waals surface area contributed by atoms with Gasteiger partial charge in [-0.15, -0.1) is 0 Å². The molecule has 0 amide bonds. The SMILES string of the molecule is Cc1cnc(N)c(C2(O)CCCN(C)CC2)c1. The van der Waals surface area contributed by atoms with Crippen LogP contribution in [0.25, 0.3) is 0 Å². The van der Waals surface area contributed by atoms with Gasteiger partial charge in [0.25, 0.3) is 0 Å². The van der Waals surface area contributed by atoms with E-state index in [1.807, 2.05) is 13.0 Å². The Kier molecular flexibility index (Phi) is 3.35. The molecular formula is C13H21N3O. The number of hydrogen-bond donors (Lipinski definition) is 2. The lowest BCUT2D eigenvalue weighted by Gasteiger charge is -2.28. The van der Waals surface area contributed by atoms with Gasteiger partial charge in [0.05, 0.1) is 5.60 Å². The monoisotopic (exact) mass is 235 g/mol. The van der Waals surface area contributed by atoms with Crippen molar-refractivity contribution in [2.24, 2.45) is 0 Å². The van der Waals surface area contributed by atoms with Gasteiger partial charge in [-0.3, -0.25) is 0 Å². The van der Waals surface area contributed by atoms with Gasteiger partial charge >= 0.3 is 0 Å². The summed E-state index contributed by atoms with van der Waals surface area (Å²) < 4.78 is 0. The largest absolute Gasteiger partial charge is 0.385 e. The lowest BCUT2D eigenvalue weighted by Crippen LogP contribution is -2.29. The van der Waals surface area contributed by atoms with Crippen LogP contribution in [0.15, 0.2) is 12.3 Å². The predicted molar refractivity (Wildman–Crippen MR) is 68.6 cm³/mol. The van der Waals surface area contributed by atoms with E-state index >= 15 is 0 Å². The van der Waals surface area contributed by atoms with E-state index < -0.39 is 5.60 Å². The number of aryl methyl sites for hydroxylation is 1. The molecule has 1 atom stereocenters. The Balaban J connectivity index is 2.33. The number of aromatic nitrogens is 1. The Labute approximate surface area is 102 Å². The zero-order valence-corrected chi connectivity index (χ0v) is 10.6. The summed E-state index contributed by atoms with van der Waals surface area (Å²) in [5.74, 6) is 0.461. The number of rotatable bonds is 1. The Morgan fingerprint density at radius 2 is 2.18 bits per heavy atom. The summed E-state index contributed by atoms with van der Waals surface area (Å²) in [7, 11) is 2.09. The second-order valence-corrected chi connectivity index (χ2v) is 5.13. The first kappa shape index (κ1) is 12.3. The van der Waals surface area contributed by atoms with Crippen LogP contribution in [0, 0.1) is 6.92 Å². The van der Waals surface area contributed by atoms with Crippen LogP contribution in [-0.4, -0.2) is 35.1 Å². The summed E-state index contributed by atoms with van der Waals surface area (Å²) >= 11 is 0. The van der Waals surface area contributed by atoms with E-state index in [1.54, 1.807) is 6.20 Å². The number of likely N-dealkylation sites (tertiary alicyclic amines) is 1. The smallest absolute Gasteiger partial charge is 0.129 e. The molecule has 94 valence electrons. The first-order chi connectivity index (χ1) is 8.01. The molecule has 2 heterocycles. The topological polar surface area (TPSA) is 62.4 Å². The van der Waals surface area contributed by atoms with Gasteiger partial charge in [0.2, 0.25) is 0 Å². The summed E-state index contributed by atoms with van der Waals surface area (Å²) in [4.78, 5) is 6.40. The number of hydrogen-bond acceptors (Lipinski definition) is 4. The highest BCUT2D eigenvalue weighted by molar-refractivity contribution is 5.44. The van der Waals surface area contributed by atoms with E-state index in [4.69, 9.17) is 5.73 Å². The van der Waals surface area contributed by atoms with E-state index in [0.29, 0.717) is 5.82 Å². The van der Waals surface area contributed by atoms with E-state index in [9.17, 15) is 5.11 Å². The van der Waals surface area contributed by atoms with Crippen LogP contribution in [0.5, 0.6) is 0 Å². The second-order valence-electron chi connectivity index (χ2n) is 5.13. The molecule has 2 rings (SSSR count). The second kappa shape index (κ2) is 4.63. The minimum Gasteiger partial charge on any atom is -0.385 e. The molecule has 4 heteroatoms. The molecule has 0 aromatic carbocycles. The van der Waals surface area contributed by atoms with E-state index in [0.717, 1.165) is 43.5 Å². The molecule has 0 bridgehead atoms. The average molecular weight is 235 g/mol. The summed E-state index contributed by atoms with van der Waals surface area (Å²) in [6.07, 6.45) is 4.21. The Morgan fingerprint density at radius 1 is 1.41 bits per heavy atom. The quantitative estimate of drug-likeness (QED) is 0.769. The maximum atomic E-state index is 10.8. The van der Waals surface area contributed by atoms with Gasteiger partial charge in [-0.05, 0) is 51.4 Å². The van der Waals surface area contributed by atoms with Crippen molar-refractivity contribution in [1.29, 1.82) is 0 Å². The van der Waals surface area contributed by atoms with Gasteiger partial charge in [0, 0.05) is 18.3 Å². The van der Waals surface area contributed by atoms with Crippen molar-refractivity contribution in [3.05, 3.63) is 23.4 Å². The zero-order valence-electron chi connectivity index (χ0n) is 10.6. The number of nitrogens with two attached hydrogens (primary N) is 1. The molecule has 3 N–H and O–H groups in total. The van der Waals surface area contributed by atoms with Crippen molar-refractivity contribution in [3.63, 3.8) is 0 Å². The number of nitrogens with zero attached hydrogens (tertiary/aromatic N) is 2. The standard InChI is InChI=1S/C13H21N3O/c1-10-8-11(12(14)15-9-10)13(17)4-3-6-16(2)7-5-13/h8-9,17H,3-7H2,1-2H3,(H2,14,15). The molecule has 1 aliphatic rings. The Morgan fingerprint density at radius 3 is 2.94 bits per heavy atom. The van der Waals surface area contributed by atoms with Crippen LogP contribution in [0.3, 0.4) is 0 Å². The summed E-state index contributed by atoms with van der Waals surface area (Å²) in [5.41, 5.74) is 6.94. The fourth-order valence-electron chi connectivity index (χ4n) is 2.48. The molecule has 1 aliphatic heterocycles. The first-order valence-electron chi connectivity index (χ1n) is 6.15. The van der Waals surface area contributed by atoms with Crippen molar-refractivity contribution in [2.45, 2.75) is 31.8 Å². The zero-order chi connectivity index (χ0) is 12.5. The molecule has 0 aliphatic carbocycles. The highest BCUT2D eigenvalue weighted by Crippen LogP contribution is 2.35. The normalized spacial score (nSPS) is 26.8. The van der Waals surface area contributed by atoms with Crippen LogP contribution in [-0.2, 0) is 5.60 Å².